The molecule has 94 valence electrons. The summed E-state index contributed by atoms with van der Waals surface area (Å²) in [4.78, 5) is 12.1. The maximum atomic E-state index is 12.1. The fourth-order valence-corrected chi connectivity index (χ4v) is 2.23. The van der Waals surface area contributed by atoms with Crippen molar-refractivity contribution in [3.8, 4) is 0 Å². The normalized spacial score (nSPS) is 10.4. The second kappa shape index (κ2) is 5.24. The van der Waals surface area contributed by atoms with Crippen LogP contribution in [0.4, 0.5) is 5.69 Å². The topological polar surface area (TPSA) is 46.9 Å². The fourth-order valence-electron chi connectivity index (χ4n) is 1.45. The number of nitrogens with zero attached hydrogens (tertiary/aromatic N) is 2. The number of carbonyl (C=O) groups is 1. The van der Waals surface area contributed by atoms with Crippen LogP contribution in [0.1, 0.15) is 16.2 Å². The highest BCUT2D eigenvalue weighted by molar-refractivity contribution is 9.10. The lowest BCUT2D eigenvalue weighted by molar-refractivity contribution is 0.102. The van der Waals surface area contributed by atoms with Crippen LogP contribution in [0.15, 0.2) is 33.2 Å². The van der Waals surface area contributed by atoms with Gasteiger partial charge in [0.1, 0.15) is 0 Å². The number of nitrogens with one attached hydrogen (secondary N) is 1. The number of amides is 1. The molecule has 0 aliphatic heterocycles. The van der Waals surface area contributed by atoms with Gasteiger partial charge in [0.2, 0.25) is 0 Å². The molecule has 0 bridgehead atoms. The molecule has 0 aliphatic rings. The summed E-state index contributed by atoms with van der Waals surface area (Å²) >= 11 is 6.72. The molecule has 0 saturated heterocycles. The van der Waals surface area contributed by atoms with E-state index in [-0.39, 0.29) is 5.91 Å². The predicted molar refractivity (Wildman–Crippen MR) is 77.7 cm³/mol. The molecule has 0 aliphatic carbocycles. The van der Waals surface area contributed by atoms with E-state index in [4.69, 9.17) is 0 Å². The molecule has 2 aromatic rings. The van der Waals surface area contributed by atoms with Crippen LogP contribution in [0.5, 0.6) is 0 Å². The van der Waals surface area contributed by atoms with Crippen LogP contribution < -0.4 is 5.32 Å². The minimum absolute atomic E-state index is 0.229. The third-order valence-electron chi connectivity index (χ3n) is 2.58. The molecule has 0 spiro atoms. The summed E-state index contributed by atoms with van der Waals surface area (Å²) in [6.07, 6.45) is 0. The van der Waals surface area contributed by atoms with E-state index in [1.54, 1.807) is 11.7 Å². The van der Waals surface area contributed by atoms with Crippen molar-refractivity contribution in [1.82, 2.24) is 9.78 Å². The molecule has 1 aromatic heterocycles. The van der Waals surface area contributed by atoms with Gasteiger partial charge in [-0.1, -0.05) is 15.9 Å². The van der Waals surface area contributed by atoms with Crippen LogP contribution in [-0.4, -0.2) is 15.7 Å². The third kappa shape index (κ3) is 2.64. The zero-order valence-electron chi connectivity index (χ0n) is 9.87. The van der Waals surface area contributed by atoms with Crippen molar-refractivity contribution >= 4 is 43.5 Å². The van der Waals surface area contributed by atoms with Crippen LogP contribution in [0.25, 0.3) is 0 Å². The first kappa shape index (κ1) is 13.3. The highest BCUT2D eigenvalue weighted by Crippen LogP contribution is 2.21. The van der Waals surface area contributed by atoms with Crippen molar-refractivity contribution in [2.75, 3.05) is 5.32 Å². The molecular formula is C12H11Br2N3O. The Morgan fingerprint density at radius 2 is 1.89 bits per heavy atom. The van der Waals surface area contributed by atoms with Gasteiger partial charge in [-0.25, -0.2) is 0 Å². The van der Waals surface area contributed by atoms with Gasteiger partial charge in [-0.3, -0.25) is 9.48 Å². The average molecular weight is 373 g/mol. The molecule has 18 heavy (non-hydrogen) atoms. The third-order valence-corrected chi connectivity index (χ3v) is 4.06. The number of anilines is 1. The van der Waals surface area contributed by atoms with Crippen LogP contribution >= 0.6 is 31.9 Å². The molecule has 2 rings (SSSR count). The summed E-state index contributed by atoms with van der Waals surface area (Å²) in [5, 5.41) is 6.97. The van der Waals surface area contributed by atoms with Crippen LogP contribution in [0, 0.1) is 6.92 Å². The largest absolute Gasteiger partial charge is 0.321 e. The zero-order valence-corrected chi connectivity index (χ0v) is 13.0. The summed E-state index contributed by atoms with van der Waals surface area (Å²) in [5.74, 6) is -0.229. The number of hydrogen-bond donors (Lipinski definition) is 1. The minimum Gasteiger partial charge on any atom is -0.321 e. The van der Waals surface area contributed by atoms with Gasteiger partial charge in [0.25, 0.3) is 5.91 Å². The van der Waals surface area contributed by atoms with Crippen LogP contribution in [0.2, 0.25) is 0 Å². The smallest absolute Gasteiger partial charge is 0.277 e. The average Bonchev–Trinajstić information content (AvgIpc) is 2.60. The van der Waals surface area contributed by atoms with E-state index < -0.39 is 0 Å². The first-order valence-electron chi connectivity index (χ1n) is 5.25. The molecule has 4 nitrogen and oxygen atoms in total. The number of halogens is 2. The molecule has 0 fully saturated rings. The molecule has 0 saturated carbocycles. The highest BCUT2D eigenvalue weighted by atomic mass is 79.9. The van der Waals surface area contributed by atoms with Crippen LogP contribution in [0.3, 0.4) is 0 Å². The first-order chi connectivity index (χ1) is 8.49. The van der Waals surface area contributed by atoms with Gasteiger partial charge >= 0.3 is 0 Å². The molecule has 0 radical (unpaired) electrons. The van der Waals surface area contributed by atoms with E-state index in [1.165, 1.54) is 0 Å². The number of benzene rings is 1. The lowest BCUT2D eigenvalue weighted by Gasteiger charge is -2.03. The maximum Gasteiger partial charge on any atom is 0.277 e. The summed E-state index contributed by atoms with van der Waals surface area (Å²) in [6, 6.07) is 7.39. The molecule has 1 heterocycles. The van der Waals surface area contributed by atoms with Crippen molar-refractivity contribution in [2.45, 2.75) is 6.92 Å². The molecule has 1 aromatic carbocycles. The molecule has 0 atom stereocenters. The summed E-state index contributed by atoms with van der Waals surface area (Å²) in [5.41, 5.74) is 2.03. The van der Waals surface area contributed by atoms with Crippen molar-refractivity contribution < 1.29 is 4.79 Å². The van der Waals surface area contributed by atoms with Gasteiger partial charge < -0.3 is 5.32 Å². The first-order valence-corrected chi connectivity index (χ1v) is 6.83. The van der Waals surface area contributed by atoms with E-state index in [9.17, 15) is 4.79 Å². The molecule has 1 N–H and O–H groups in total. The monoisotopic (exact) mass is 371 g/mol. The molecule has 1 amide bonds. The lowest BCUT2D eigenvalue weighted by atomic mass is 10.3. The zero-order chi connectivity index (χ0) is 13.3. The summed E-state index contributed by atoms with van der Waals surface area (Å²) in [6.45, 7) is 1.90. The van der Waals surface area contributed by atoms with Crippen molar-refractivity contribution in [1.29, 1.82) is 0 Å². The Morgan fingerprint density at radius 3 is 2.39 bits per heavy atom. The Balaban J connectivity index is 2.22. The van der Waals surface area contributed by atoms with E-state index in [2.05, 4.69) is 42.3 Å². The van der Waals surface area contributed by atoms with Gasteiger partial charge in [0.05, 0.1) is 10.2 Å². The Hall–Kier alpha value is -1.14. The Labute approximate surface area is 122 Å². The molecule has 6 heteroatoms. The molecular weight excluding hydrogens is 362 g/mol. The number of rotatable bonds is 2. The number of hydrogen-bond acceptors (Lipinski definition) is 2. The van der Waals surface area contributed by atoms with Gasteiger partial charge in [-0.2, -0.15) is 5.10 Å². The van der Waals surface area contributed by atoms with Crippen molar-refractivity contribution in [3.05, 3.63) is 44.6 Å². The van der Waals surface area contributed by atoms with Gasteiger partial charge in [-0.05, 0) is 47.1 Å². The minimum atomic E-state index is -0.229. The maximum absolute atomic E-state index is 12.1. The predicted octanol–water partition coefficient (Wildman–Crippen LogP) is 3.51. The van der Waals surface area contributed by atoms with Crippen molar-refractivity contribution in [3.63, 3.8) is 0 Å². The number of carbonyl (C=O) groups excluding carboxylic acids is 1. The van der Waals surface area contributed by atoms with Gasteiger partial charge in [-0.15, -0.1) is 0 Å². The number of aromatic nitrogens is 2. The van der Waals surface area contributed by atoms with E-state index in [0.29, 0.717) is 5.69 Å². The number of aryl methyl sites for hydroxylation is 1. The van der Waals surface area contributed by atoms with E-state index in [0.717, 1.165) is 20.3 Å². The summed E-state index contributed by atoms with van der Waals surface area (Å²) < 4.78 is 3.36. The Kier molecular flexibility index (Phi) is 3.87. The Bertz CT molecular complexity index is 590. The second-order valence-electron chi connectivity index (χ2n) is 3.83. The highest BCUT2D eigenvalue weighted by Gasteiger charge is 2.17. The molecule has 0 unspecified atom stereocenters. The second-order valence-corrected chi connectivity index (χ2v) is 5.54. The van der Waals surface area contributed by atoms with E-state index in [1.807, 2.05) is 31.2 Å². The van der Waals surface area contributed by atoms with Crippen molar-refractivity contribution in [2.24, 2.45) is 7.05 Å². The van der Waals surface area contributed by atoms with Crippen LogP contribution in [-0.2, 0) is 7.05 Å². The summed E-state index contributed by atoms with van der Waals surface area (Å²) in [7, 11) is 1.80. The Morgan fingerprint density at radius 1 is 1.28 bits per heavy atom. The van der Waals surface area contributed by atoms with E-state index >= 15 is 0 Å². The standard InChI is InChI=1S/C12H11Br2N3O/c1-7-10(14)11(16-17(7)2)12(18)15-9-5-3-8(13)4-6-9/h3-6H,1-2H3,(H,15,18). The SMILES string of the molecule is Cc1c(Br)c(C(=O)Nc2ccc(Br)cc2)nn1C. The fraction of sp³-hybridized carbons (Fsp3) is 0.167. The lowest BCUT2D eigenvalue weighted by Crippen LogP contribution is -2.13. The van der Waals surface area contributed by atoms with Gasteiger partial charge in [0, 0.05) is 17.2 Å². The van der Waals surface area contributed by atoms with Gasteiger partial charge in [0.15, 0.2) is 5.69 Å². The quantitative estimate of drug-likeness (QED) is 0.876.